The molecule has 6 nitrogen and oxygen atoms in total. The Morgan fingerprint density at radius 2 is 2.29 bits per heavy atom. The molecule has 2 aromatic rings. The zero-order valence-corrected chi connectivity index (χ0v) is 9.15. The topological polar surface area (TPSA) is 80.4 Å². The van der Waals surface area contributed by atoms with Gasteiger partial charge in [0, 0.05) is 18.3 Å². The van der Waals surface area contributed by atoms with E-state index in [1.807, 2.05) is 4.40 Å². The lowest BCUT2D eigenvalue weighted by atomic mass is 9.95. The molecule has 17 heavy (non-hydrogen) atoms. The summed E-state index contributed by atoms with van der Waals surface area (Å²) in [6, 6.07) is 0. The van der Waals surface area contributed by atoms with Gasteiger partial charge < -0.3 is 5.11 Å². The SMILES string of the molecule is O=C(O)C1CCCC1c1nnc2cnccn12. The maximum Gasteiger partial charge on any atom is 0.307 e. The Labute approximate surface area is 97.3 Å². The molecule has 2 unspecified atom stereocenters. The second kappa shape index (κ2) is 3.80. The van der Waals surface area contributed by atoms with Gasteiger partial charge in [-0.05, 0) is 12.8 Å². The lowest BCUT2D eigenvalue weighted by molar-refractivity contribution is -0.142. The lowest BCUT2D eigenvalue weighted by Gasteiger charge is -2.13. The minimum Gasteiger partial charge on any atom is -0.481 e. The Kier molecular flexibility index (Phi) is 2.28. The van der Waals surface area contributed by atoms with Crippen molar-refractivity contribution in [3.05, 3.63) is 24.4 Å². The monoisotopic (exact) mass is 232 g/mol. The summed E-state index contributed by atoms with van der Waals surface area (Å²) in [5.41, 5.74) is 0.665. The van der Waals surface area contributed by atoms with E-state index in [2.05, 4.69) is 15.2 Å². The maximum atomic E-state index is 11.2. The van der Waals surface area contributed by atoms with Crippen LogP contribution in [0.25, 0.3) is 5.65 Å². The molecule has 2 aromatic heterocycles. The summed E-state index contributed by atoms with van der Waals surface area (Å²) in [7, 11) is 0. The van der Waals surface area contributed by atoms with Gasteiger partial charge in [0.05, 0.1) is 12.1 Å². The first-order valence-corrected chi connectivity index (χ1v) is 5.65. The zero-order chi connectivity index (χ0) is 11.8. The fourth-order valence-corrected chi connectivity index (χ4v) is 2.59. The van der Waals surface area contributed by atoms with Crippen LogP contribution in [-0.2, 0) is 4.79 Å². The summed E-state index contributed by atoms with van der Waals surface area (Å²) in [6.45, 7) is 0. The van der Waals surface area contributed by atoms with Crippen molar-refractivity contribution in [3.63, 3.8) is 0 Å². The molecule has 0 saturated heterocycles. The molecule has 0 aromatic carbocycles. The molecule has 1 aliphatic carbocycles. The molecule has 1 aliphatic rings. The van der Waals surface area contributed by atoms with Crippen molar-refractivity contribution in [1.82, 2.24) is 19.6 Å². The van der Waals surface area contributed by atoms with E-state index in [0.717, 1.165) is 25.1 Å². The molecule has 6 heteroatoms. The van der Waals surface area contributed by atoms with Gasteiger partial charge >= 0.3 is 5.97 Å². The molecular weight excluding hydrogens is 220 g/mol. The van der Waals surface area contributed by atoms with Crippen molar-refractivity contribution in [2.45, 2.75) is 25.2 Å². The number of carbonyl (C=O) groups is 1. The molecule has 88 valence electrons. The number of hydrogen-bond acceptors (Lipinski definition) is 4. The molecule has 1 saturated carbocycles. The fourth-order valence-electron chi connectivity index (χ4n) is 2.59. The van der Waals surface area contributed by atoms with Crippen LogP contribution in [0.3, 0.4) is 0 Å². The number of aliphatic carboxylic acids is 1. The molecule has 1 N–H and O–H groups in total. The minimum atomic E-state index is -0.738. The first-order chi connectivity index (χ1) is 8.27. The van der Waals surface area contributed by atoms with Crippen molar-refractivity contribution in [3.8, 4) is 0 Å². The molecular formula is C11H12N4O2. The molecule has 3 rings (SSSR count). The summed E-state index contributed by atoms with van der Waals surface area (Å²) >= 11 is 0. The Morgan fingerprint density at radius 1 is 1.41 bits per heavy atom. The first kappa shape index (κ1) is 10.2. The number of rotatable bonds is 2. The van der Waals surface area contributed by atoms with Crippen LogP contribution in [0.15, 0.2) is 18.6 Å². The van der Waals surface area contributed by atoms with E-state index in [9.17, 15) is 9.90 Å². The third-order valence-electron chi connectivity index (χ3n) is 3.41. The van der Waals surface area contributed by atoms with Crippen LogP contribution in [-0.4, -0.2) is 30.7 Å². The third kappa shape index (κ3) is 1.56. The van der Waals surface area contributed by atoms with Crippen LogP contribution < -0.4 is 0 Å². The van der Waals surface area contributed by atoms with E-state index >= 15 is 0 Å². The predicted octanol–water partition coefficient (Wildman–Crippen LogP) is 1.09. The fraction of sp³-hybridized carbons (Fsp3) is 0.455. The normalized spacial score (nSPS) is 24.2. The number of aromatic nitrogens is 4. The Hall–Kier alpha value is -1.98. The van der Waals surface area contributed by atoms with E-state index < -0.39 is 5.97 Å². The molecule has 0 bridgehead atoms. The number of hydrogen-bond donors (Lipinski definition) is 1. The predicted molar refractivity (Wildman–Crippen MR) is 58.5 cm³/mol. The highest BCUT2D eigenvalue weighted by atomic mass is 16.4. The van der Waals surface area contributed by atoms with E-state index in [1.54, 1.807) is 18.6 Å². The molecule has 1 fully saturated rings. The Bertz CT molecular complexity index is 565. The van der Waals surface area contributed by atoms with Gasteiger partial charge in [0.1, 0.15) is 5.82 Å². The van der Waals surface area contributed by atoms with E-state index in [0.29, 0.717) is 5.65 Å². The standard InChI is InChI=1S/C11H12N4O2/c16-11(17)8-3-1-2-7(8)10-14-13-9-6-12-4-5-15(9)10/h4-8H,1-3H2,(H,16,17). The average molecular weight is 232 g/mol. The summed E-state index contributed by atoms with van der Waals surface area (Å²) in [5.74, 6) is -0.369. The third-order valence-corrected chi connectivity index (χ3v) is 3.41. The van der Waals surface area contributed by atoms with E-state index in [1.165, 1.54) is 0 Å². The van der Waals surface area contributed by atoms with Gasteiger partial charge in [-0.2, -0.15) is 0 Å². The van der Waals surface area contributed by atoms with Crippen LogP contribution in [0.5, 0.6) is 0 Å². The number of nitrogens with zero attached hydrogens (tertiary/aromatic N) is 4. The summed E-state index contributed by atoms with van der Waals surface area (Å²) in [5, 5.41) is 17.3. The average Bonchev–Trinajstić information content (AvgIpc) is 2.94. The molecule has 0 spiro atoms. The van der Waals surface area contributed by atoms with Gasteiger partial charge in [-0.1, -0.05) is 6.42 Å². The van der Waals surface area contributed by atoms with Crippen LogP contribution in [0.1, 0.15) is 31.0 Å². The molecule has 2 atom stereocenters. The summed E-state index contributed by atoms with van der Waals surface area (Å²) in [6.07, 6.45) is 7.58. The molecule has 0 amide bonds. The van der Waals surface area contributed by atoms with Crippen LogP contribution in [0.2, 0.25) is 0 Å². The smallest absolute Gasteiger partial charge is 0.307 e. The quantitative estimate of drug-likeness (QED) is 0.838. The largest absolute Gasteiger partial charge is 0.481 e. The number of carboxylic acid groups (broad SMARTS) is 1. The number of fused-ring (bicyclic) bond motifs is 1. The van der Waals surface area contributed by atoms with E-state index in [4.69, 9.17) is 0 Å². The van der Waals surface area contributed by atoms with Gasteiger partial charge in [-0.25, -0.2) is 0 Å². The Morgan fingerprint density at radius 3 is 3.12 bits per heavy atom. The minimum absolute atomic E-state index is 0.0371. The first-order valence-electron chi connectivity index (χ1n) is 5.65. The highest BCUT2D eigenvalue weighted by Gasteiger charge is 2.36. The van der Waals surface area contributed by atoms with Crippen molar-refractivity contribution in [2.24, 2.45) is 5.92 Å². The molecule has 0 radical (unpaired) electrons. The second-order valence-corrected chi connectivity index (χ2v) is 4.34. The highest BCUT2D eigenvalue weighted by Crippen LogP contribution is 2.38. The molecule has 2 heterocycles. The Balaban J connectivity index is 2.06. The van der Waals surface area contributed by atoms with Crippen molar-refractivity contribution in [1.29, 1.82) is 0 Å². The maximum absolute atomic E-state index is 11.2. The summed E-state index contributed by atoms with van der Waals surface area (Å²) in [4.78, 5) is 15.1. The second-order valence-electron chi connectivity index (χ2n) is 4.34. The van der Waals surface area contributed by atoms with Crippen molar-refractivity contribution < 1.29 is 9.90 Å². The van der Waals surface area contributed by atoms with E-state index in [-0.39, 0.29) is 11.8 Å². The number of carboxylic acids is 1. The van der Waals surface area contributed by atoms with Gasteiger partial charge in [0.25, 0.3) is 0 Å². The lowest BCUT2D eigenvalue weighted by Crippen LogP contribution is -2.18. The van der Waals surface area contributed by atoms with Crippen LogP contribution in [0.4, 0.5) is 0 Å². The highest BCUT2D eigenvalue weighted by molar-refractivity contribution is 5.71. The summed E-state index contributed by atoms with van der Waals surface area (Å²) < 4.78 is 1.83. The van der Waals surface area contributed by atoms with Gasteiger partial charge in [0.15, 0.2) is 5.65 Å². The zero-order valence-electron chi connectivity index (χ0n) is 9.15. The van der Waals surface area contributed by atoms with Crippen molar-refractivity contribution >= 4 is 11.6 Å². The van der Waals surface area contributed by atoms with Gasteiger partial charge in [-0.15, -0.1) is 10.2 Å². The van der Waals surface area contributed by atoms with Crippen LogP contribution in [0, 0.1) is 5.92 Å². The van der Waals surface area contributed by atoms with Gasteiger partial charge in [-0.3, -0.25) is 14.2 Å². The van der Waals surface area contributed by atoms with Crippen LogP contribution >= 0.6 is 0 Å². The van der Waals surface area contributed by atoms with Crippen molar-refractivity contribution in [2.75, 3.05) is 0 Å². The molecule has 0 aliphatic heterocycles. The van der Waals surface area contributed by atoms with Gasteiger partial charge in [0.2, 0.25) is 0 Å².